The minimum absolute atomic E-state index is 0.0986. The van der Waals surface area contributed by atoms with Crippen LogP contribution in [0.4, 0.5) is 5.69 Å². The molecule has 104 valence electrons. The number of hydrogen-bond acceptors (Lipinski definition) is 2. The summed E-state index contributed by atoms with van der Waals surface area (Å²) in [5, 5.41) is 13.3. The van der Waals surface area contributed by atoms with Gasteiger partial charge in [-0.15, -0.1) is 0 Å². The zero-order valence-corrected chi connectivity index (χ0v) is 13.9. The van der Waals surface area contributed by atoms with Crippen molar-refractivity contribution in [2.45, 2.75) is 0 Å². The van der Waals surface area contributed by atoms with Crippen molar-refractivity contribution in [3.63, 3.8) is 0 Å². The van der Waals surface area contributed by atoms with Crippen molar-refractivity contribution in [1.29, 1.82) is 0 Å². The summed E-state index contributed by atoms with van der Waals surface area (Å²) in [6.45, 7) is 0. The van der Waals surface area contributed by atoms with Crippen LogP contribution in [-0.2, 0) is 0 Å². The number of rotatable bonds is 2. The van der Waals surface area contributed by atoms with Gasteiger partial charge in [0.25, 0.3) is 5.69 Å². The SMILES string of the molecule is O=[N+]([O-])c1ccc(Br)cc1-c1cccc2cccc(Br)c12. The number of nitro benzene ring substituents is 1. The molecule has 0 bridgehead atoms. The van der Waals surface area contributed by atoms with Crippen LogP contribution >= 0.6 is 31.9 Å². The maximum absolute atomic E-state index is 11.3. The summed E-state index contributed by atoms with van der Waals surface area (Å²) in [5.74, 6) is 0. The van der Waals surface area contributed by atoms with Crippen LogP contribution in [0.25, 0.3) is 21.9 Å². The van der Waals surface area contributed by atoms with Crippen LogP contribution in [-0.4, -0.2) is 4.92 Å². The van der Waals surface area contributed by atoms with Crippen molar-refractivity contribution in [1.82, 2.24) is 0 Å². The molecule has 0 aromatic heterocycles. The van der Waals surface area contributed by atoms with Crippen LogP contribution in [0.2, 0.25) is 0 Å². The fourth-order valence-electron chi connectivity index (χ4n) is 2.40. The van der Waals surface area contributed by atoms with E-state index in [1.807, 2.05) is 36.4 Å². The molecule has 0 saturated heterocycles. The van der Waals surface area contributed by atoms with E-state index in [9.17, 15) is 10.1 Å². The van der Waals surface area contributed by atoms with Gasteiger partial charge in [0.1, 0.15) is 0 Å². The van der Waals surface area contributed by atoms with Crippen molar-refractivity contribution < 1.29 is 4.92 Å². The summed E-state index contributed by atoms with van der Waals surface area (Å²) >= 11 is 6.93. The quantitative estimate of drug-likeness (QED) is 0.390. The van der Waals surface area contributed by atoms with E-state index in [0.717, 1.165) is 25.3 Å². The van der Waals surface area contributed by atoms with Gasteiger partial charge in [0.15, 0.2) is 0 Å². The molecule has 0 spiro atoms. The van der Waals surface area contributed by atoms with Crippen LogP contribution in [0.1, 0.15) is 0 Å². The maximum atomic E-state index is 11.3. The van der Waals surface area contributed by atoms with E-state index in [2.05, 4.69) is 31.9 Å². The van der Waals surface area contributed by atoms with Gasteiger partial charge in [-0.2, -0.15) is 0 Å². The van der Waals surface area contributed by atoms with Crippen molar-refractivity contribution >= 4 is 48.3 Å². The van der Waals surface area contributed by atoms with E-state index in [1.54, 1.807) is 12.1 Å². The van der Waals surface area contributed by atoms with Gasteiger partial charge in [-0.25, -0.2) is 0 Å². The molecule has 0 N–H and O–H groups in total. The van der Waals surface area contributed by atoms with E-state index in [1.165, 1.54) is 6.07 Å². The fourth-order valence-corrected chi connectivity index (χ4v) is 3.36. The zero-order chi connectivity index (χ0) is 15.0. The summed E-state index contributed by atoms with van der Waals surface area (Å²) in [7, 11) is 0. The molecule has 0 amide bonds. The Kier molecular flexibility index (Phi) is 3.78. The number of fused-ring (bicyclic) bond motifs is 1. The third kappa shape index (κ3) is 2.59. The molecule has 3 aromatic rings. The largest absolute Gasteiger partial charge is 0.277 e. The van der Waals surface area contributed by atoms with E-state index >= 15 is 0 Å². The van der Waals surface area contributed by atoms with Gasteiger partial charge in [-0.05, 0) is 29.1 Å². The number of benzene rings is 3. The molecule has 0 unspecified atom stereocenters. The van der Waals surface area contributed by atoms with E-state index < -0.39 is 0 Å². The van der Waals surface area contributed by atoms with Gasteiger partial charge in [0, 0.05) is 20.4 Å². The molecule has 0 fully saturated rings. The third-order valence-corrected chi connectivity index (χ3v) is 4.45. The third-order valence-electron chi connectivity index (χ3n) is 3.30. The predicted molar refractivity (Wildman–Crippen MR) is 91.4 cm³/mol. The fraction of sp³-hybridized carbons (Fsp3) is 0. The van der Waals surface area contributed by atoms with E-state index in [4.69, 9.17) is 0 Å². The Morgan fingerprint density at radius 3 is 2.33 bits per heavy atom. The molecule has 21 heavy (non-hydrogen) atoms. The van der Waals surface area contributed by atoms with Gasteiger partial charge in [0.05, 0.1) is 10.5 Å². The molecule has 5 heteroatoms. The summed E-state index contributed by atoms with van der Waals surface area (Å²) in [4.78, 5) is 11.0. The first kappa shape index (κ1) is 14.2. The summed E-state index contributed by atoms with van der Waals surface area (Å²) in [5.41, 5.74) is 1.54. The molecule has 0 aliphatic carbocycles. The second-order valence-corrected chi connectivity index (χ2v) is 6.33. The van der Waals surface area contributed by atoms with Gasteiger partial charge >= 0.3 is 0 Å². The average molecular weight is 407 g/mol. The van der Waals surface area contributed by atoms with Crippen LogP contribution in [0, 0.1) is 10.1 Å². The van der Waals surface area contributed by atoms with Crippen molar-refractivity contribution in [2.24, 2.45) is 0 Å². The minimum Gasteiger partial charge on any atom is -0.258 e. The van der Waals surface area contributed by atoms with Crippen LogP contribution in [0.15, 0.2) is 63.5 Å². The Morgan fingerprint density at radius 1 is 0.905 bits per heavy atom. The highest BCUT2D eigenvalue weighted by atomic mass is 79.9. The molecule has 0 heterocycles. The van der Waals surface area contributed by atoms with Gasteiger partial charge < -0.3 is 0 Å². The lowest BCUT2D eigenvalue weighted by atomic mass is 9.97. The van der Waals surface area contributed by atoms with Crippen molar-refractivity contribution in [3.05, 3.63) is 73.7 Å². The van der Waals surface area contributed by atoms with Crippen molar-refractivity contribution in [3.8, 4) is 11.1 Å². The average Bonchev–Trinajstić information content (AvgIpc) is 2.46. The lowest BCUT2D eigenvalue weighted by Crippen LogP contribution is -1.93. The normalized spacial score (nSPS) is 10.8. The Hall–Kier alpha value is -1.72. The monoisotopic (exact) mass is 405 g/mol. The lowest BCUT2D eigenvalue weighted by molar-refractivity contribution is -0.384. The molecular formula is C16H9Br2NO2. The molecule has 0 aliphatic heterocycles. The van der Waals surface area contributed by atoms with E-state index in [0.29, 0.717) is 5.56 Å². The minimum atomic E-state index is -0.350. The molecule has 0 atom stereocenters. The van der Waals surface area contributed by atoms with Crippen LogP contribution < -0.4 is 0 Å². The number of hydrogen-bond donors (Lipinski definition) is 0. The Labute approximate surface area is 138 Å². The second-order valence-electron chi connectivity index (χ2n) is 4.56. The predicted octanol–water partition coefficient (Wildman–Crippen LogP) is 5.94. The van der Waals surface area contributed by atoms with Crippen LogP contribution in [0.5, 0.6) is 0 Å². The Balaban J connectivity index is 2.41. The second kappa shape index (κ2) is 5.58. The first-order valence-corrected chi connectivity index (χ1v) is 7.78. The molecule has 3 rings (SSSR count). The molecule has 3 nitrogen and oxygen atoms in total. The molecular weight excluding hydrogens is 398 g/mol. The smallest absolute Gasteiger partial charge is 0.258 e. The van der Waals surface area contributed by atoms with Gasteiger partial charge in [0.2, 0.25) is 0 Å². The standard InChI is InChI=1S/C16H9Br2NO2/c17-11-7-8-15(19(20)21)13(9-11)12-5-1-3-10-4-2-6-14(18)16(10)12/h1-9H. The van der Waals surface area contributed by atoms with E-state index in [-0.39, 0.29) is 10.6 Å². The highest BCUT2D eigenvalue weighted by molar-refractivity contribution is 9.11. The molecule has 0 radical (unpaired) electrons. The van der Waals surface area contributed by atoms with Crippen molar-refractivity contribution in [2.75, 3.05) is 0 Å². The number of nitro groups is 1. The van der Waals surface area contributed by atoms with Gasteiger partial charge in [-0.3, -0.25) is 10.1 Å². The highest BCUT2D eigenvalue weighted by Gasteiger charge is 2.18. The topological polar surface area (TPSA) is 43.1 Å². The highest BCUT2D eigenvalue weighted by Crippen LogP contribution is 2.39. The molecule has 0 saturated carbocycles. The first-order valence-electron chi connectivity index (χ1n) is 6.19. The summed E-state index contributed by atoms with van der Waals surface area (Å²) in [6, 6.07) is 16.7. The first-order chi connectivity index (χ1) is 10.1. The summed E-state index contributed by atoms with van der Waals surface area (Å²) < 4.78 is 1.73. The van der Waals surface area contributed by atoms with Gasteiger partial charge in [-0.1, -0.05) is 62.2 Å². The summed E-state index contributed by atoms with van der Waals surface area (Å²) in [6.07, 6.45) is 0. The Morgan fingerprint density at radius 2 is 1.62 bits per heavy atom. The maximum Gasteiger partial charge on any atom is 0.277 e. The Bertz CT molecular complexity index is 857. The lowest BCUT2D eigenvalue weighted by Gasteiger charge is -2.09. The molecule has 0 aliphatic rings. The van der Waals surface area contributed by atoms with Crippen LogP contribution in [0.3, 0.4) is 0 Å². The number of halogens is 2. The number of nitrogens with zero attached hydrogens (tertiary/aromatic N) is 1. The molecule has 3 aromatic carbocycles. The zero-order valence-electron chi connectivity index (χ0n) is 10.7.